The van der Waals surface area contributed by atoms with E-state index in [1.807, 2.05) is 13.8 Å². The standard InChI is InChI=1S/C13H11Cl2NO3/c1-6(2)12-9(13(17)18)11(16-19-12)7-4-3-5-8(14)10(7)15/h3-6H,1-2H3,(H,17,18). The molecule has 6 heteroatoms. The topological polar surface area (TPSA) is 63.3 Å². The number of nitrogens with zero attached hydrogens (tertiary/aromatic N) is 1. The Labute approximate surface area is 119 Å². The van der Waals surface area contributed by atoms with E-state index in [1.165, 1.54) is 0 Å². The summed E-state index contributed by atoms with van der Waals surface area (Å²) >= 11 is 12.0. The molecule has 0 unspecified atom stereocenters. The molecule has 0 fully saturated rings. The van der Waals surface area contributed by atoms with Crippen molar-refractivity contribution in [1.29, 1.82) is 0 Å². The van der Waals surface area contributed by atoms with Crippen LogP contribution in [0.5, 0.6) is 0 Å². The molecule has 0 aliphatic carbocycles. The van der Waals surface area contributed by atoms with Crippen molar-refractivity contribution in [3.05, 3.63) is 39.6 Å². The van der Waals surface area contributed by atoms with Crippen LogP contribution in [0.25, 0.3) is 11.3 Å². The molecule has 2 rings (SSSR count). The van der Waals surface area contributed by atoms with Crippen LogP contribution in [0.1, 0.15) is 35.9 Å². The first-order valence-corrected chi connectivity index (χ1v) is 6.36. The highest BCUT2D eigenvalue weighted by atomic mass is 35.5. The Morgan fingerprint density at radius 1 is 1.37 bits per heavy atom. The predicted molar refractivity (Wildman–Crippen MR) is 73.0 cm³/mol. The van der Waals surface area contributed by atoms with Crippen LogP contribution in [0.3, 0.4) is 0 Å². The summed E-state index contributed by atoms with van der Waals surface area (Å²) in [5, 5.41) is 13.8. The lowest BCUT2D eigenvalue weighted by Gasteiger charge is -2.04. The third-order valence-electron chi connectivity index (χ3n) is 2.66. The molecule has 2 aromatic rings. The van der Waals surface area contributed by atoms with Crippen molar-refractivity contribution >= 4 is 29.2 Å². The molecule has 0 saturated heterocycles. The first kappa shape index (κ1) is 13.9. The third-order valence-corrected chi connectivity index (χ3v) is 3.48. The summed E-state index contributed by atoms with van der Waals surface area (Å²) in [6, 6.07) is 4.96. The zero-order chi connectivity index (χ0) is 14.2. The SMILES string of the molecule is CC(C)c1onc(-c2cccc(Cl)c2Cl)c1C(=O)O. The maximum Gasteiger partial charge on any atom is 0.341 e. The molecule has 0 atom stereocenters. The van der Waals surface area contributed by atoms with Crippen molar-refractivity contribution < 1.29 is 14.4 Å². The number of benzene rings is 1. The van der Waals surface area contributed by atoms with Gasteiger partial charge in [-0.05, 0) is 6.07 Å². The van der Waals surface area contributed by atoms with Crippen LogP contribution in [0, 0.1) is 0 Å². The molecule has 4 nitrogen and oxygen atoms in total. The largest absolute Gasteiger partial charge is 0.477 e. The van der Waals surface area contributed by atoms with Crippen molar-refractivity contribution in [3.63, 3.8) is 0 Å². The van der Waals surface area contributed by atoms with Crippen LogP contribution in [0.15, 0.2) is 22.7 Å². The minimum absolute atomic E-state index is 0.0270. The summed E-state index contributed by atoms with van der Waals surface area (Å²) in [7, 11) is 0. The molecule has 19 heavy (non-hydrogen) atoms. The molecule has 1 aromatic heterocycles. The molecule has 0 amide bonds. The number of aromatic nitrogens is 1. The van der Waals surface area contributed by atoms with Gasteiger partial charge in [0.05, 0.1) is 10.0 Å². The highest BCUT2D eigenvalue weighted by Crippen LogP contribution is 2.36. The summed E-state index contributed by atoms with van der Waals surface area (Å²) in [6.07, 6.45) is 0. The quantitative estimate of drug-likeness (QED) is 0.908. The number of hydrogen-bond donors (Lipinski definition) is 1. The second-order valence-electron chi connectivity index (χ2n) is 4.33. The normalized spacial score (nSPS) is 11.0. The number of hydrogen-bond acceptors (Lipinski definition) is 3. The van der Waals surface area contributed by atoms with E-state index >= 15 is 0 Å². The zero-order valence-corrected chi connectivity index (χ0v) is 11.8. The number of aromatic carboxylic acids is 1. The van der Waals surface area contributed by atoms with E-state index in [-0.39, 0.29) is 22.2 Å². The summed E-state index contributed by atoms with van der Waals surface area (Å²) < 4.78 is 5.14. The van der Waals surface area contributed by atoms with Gasteiger partial charge in [-0.25, -0.2) is 4.79 Å². The monoisotopic (exact) mass is 299 g/mol. The fraction of sp³-hybridized carbons (Fsp3) is 0.231. The molecule has 0 aliphatic heterocycles. The van der Waals surface area contributed by atoms with Crippen molar-refractivity contribution in [1.82, 2.24) is 5.16 Å². The van der Waals surface area contributed by atoms with Gasteiger partial charge in [-0.15, -0.1) is 0 Å². The lowest BCUT2D eigenvalue weighted by molar-refractivity contribution is 0.0694. The van der Waals surface area contributed by atoms with Crippen LogP contribution in [0.4, 0.5) is 0 Å². The van der Waals surface area contributed by atoms with E-state index in [0.29, 0.717) is 16.3 Å². The fourth-order valence-corrected chi connectivity index (χ4v) is 2.16. The molecule has 0 saturated carbocycles. The molecular formula is C13H11Cl2NO3. The predicted octanol–water partition coefficient (Wildman–Crippen LogP) is 4.47. The summed E-state index contributed by atoms with van der Waals surface area (Å²) in [6.45, 7) is 3.66. The van der Waals surface area contributed by atoms with Gasteiger partial charge in [0.25, 0.3) is 0 Å². The van der Waals surface area contributed by atoms with Crippen LogP contribution in [-0.4, -0.2) is 16.2 Å². The van der Waals surface area contributed by atoms with E-state index in [2.05, 4.69) is 5.16 Å². The Morgan fingerprint density at radius 3 is 2.63 bits per heavy atom. The number of halogens is 2. The van der Waals surface area contributed by atoms with Gasteiger partial charge in [-0.2, -0.15) is 0 Å². The number of carboxylic acid groups (broad SMARTS) is 1. The average Bonchev–Trinajstić information content (AvgIpc) is 2.77. The van der Waals surface area contributed by atoms with Gasteiger partial charge >= 0.3 is 5.97 Å². The Kier molecular flexibility index (Phi) is 3.83. The summed E-state index contributed by atoms with van der Waals surface area (Å²) in [4.78, 5) is 11.4. The second kappa shape index (κ2) is 5.23. The van der Waals surface area contributed by atoms with Gasteiger partial charge in [0.15, 0.2) is 5.76 Å². The Morgan fingerprint density at radius 2 is 2.05 bits per heavy atom. The highest BCUT2D eigenvalue weighted by molar-refractivity contribution is 6.43. The van der Waals surface area contributed by atoms with Gasteiger partial charge < -0.3 is 9.63 Å². The van der Waals surface area contributed by atoms with Gasteiger partial charge in [0, 0.05) is 11.5 Å². The highest BCUT2D eigenvalue weighted by Gasteiger charge is 2.26. The Balaban J connectivity index is 2.69. The Hall–Kier alpha value is -1.52. The van der Waals surface area contributed by atoms with Crippen molar-refractivity contribution in [2.45, 2.75) is 19.8 Å². The fourth-order valence-electron chi connectivity index (χ4n) is 1.77. The molecule has 0 aliphatic rings. The number of rotatable bonds is 3. The van der Waals surface area contributed by atoms with Crippen molar-refractivity contribution in [2.75, 3.05) is 0 Å². The smallest absolute Gasteiger partial charge is 0.341 e. The number of carboxylic acids is 1. The third kappa shape index (κ3) is 2.46. The lowest BCUT2D eigenvalue weighted by atomic mass is 10.0. The van der Waals surface area contributed by atoms with E-state index in [1.54, 1.807) is 18.2 Å². The maximum absolute atomic E-state index is 11.4. The lowest BCUT2D eigenvalue weighted by Crippen LogP contribution is -2.02. The summed E-state index contributed by atoms with van der Waals surface area (Å²) in [5.74, 6) is -0.875. The minimum atomic E-state index is -1.10. The van der Waals surface area contributed by atoms with Gasteiger partial charge in [-0.3, -0.25) is 0 Å². The minimum Gasteiger partial charge on any atom is -0.477 e. The van der Waals surface area contributed by atoms with E-state index in [9.17, 15) is 9.90 Å². The zero-order valence-electron chi connectivity index (χ0n) is 10.3. The molecular weight excluding hydrogens is 289 g/mol. The number of carbonyl (C=O) groups is 1. The molecule has 0 radical (unpaired) electrons. The summed E-state index contributed by atoms with van der Waals surface area (Å²) in [5.41, 5.74) is 0.671. The van der Waals surface area contributed by atoms with E-state index < -0.39 is 5.97 Å². The molecule has 1 heterocycles. The van der Waals surface area contributed by atoms with Crippen LogP contribution in [0.2, 0.25) is 10.0 Å². The molecule has 0 bridgehead atoms. The van der Waals surface area contributed by atoms with Crippen LogP contribution >= 0.6 is 23.2 Å². The van der Waals surface area contributed by atoms with Crippen molar-refractivity contribution in [2.24, 2.45) is 0 Å². The first-order chi connectivity index (χ1) is 8.93. The molecule has 1 N–H and O–H groups in total. The Bertz CT molecular complexity index is 635. The second-order valence-corrected chi connectivity index (χ2v) is 5.12. The first-order valence-electron chi connectivity index (χ1n) is 5.60. The van der Waals surface area contributed by atoms with E-state index in [0.717, 1.165) is 0 Å². The average molecular weight is 300 g/mol. The maximum atomic E-state index is 11.4. The molecule has 100 valence electrons. The molecule has 0 spiro atoms. The van der Waals surface area contributed by atoms with Gasteiger partial charge in [0.1, 0.15) is 11.3 Å². The van der Waals surface area contributed by atoms with Crippen LogP contribution < -0.4 is 0 Å². The van der Waals surface area contributed by atoms with Crippen molar-refractivity contribution in [3.8, 4) is 11.3 Å². The van der Waals surface area contributed by atoms with Gasteiger partial charge in [-0.1, -0.05) is 54.3 Å². The van der Waals surface area contributed by atoms with E-state index in [4.69, 9.17) is 27.7 Å². The van der Waals surface area contributed by atoms with Gasteiger partial charge in [0.2, 0.25) is 0 Å². The molecule has 1 aromatic carbocycles. The van der Waals surface area contributed by atoms with Crippen LogP contribution in [-0.2, 0) is 0 Å².